The first kappa shape index (κ1) is 16.1. The van der Waals surface area contributed by atoms with E-state index in [1.807, 2.05) is 60.7 Å². The van der Waals surface area contributed by atoms with Crippen molar-refractivity contribution in [3.63, 3.8) is 0 Å². The van der Waals surface area contributed by atoms with Crippen LogP contribution in [0.15, 0.2) is 60.7 Å². The average molecular weight is 327 g/mol. The van der Waals surface area contributed by atoms with Crippen molar-refractivity contribution in [1.29, 1.82) is 0 Å². The van der Waals surface area contributed by atoms with Crippen molar-refractivity contribution < 1.29 is 9.90 Å². The zero-order valence-corrected chi connectivity index (χ0v) is 13.7. The van der Waals surface area contributed by atoms with Crippen LogP contribution in [0.3, 0.4) is 0 Å². The molecule has 1 fully saturated rings. The molecule has 0 heterocycles. The summed E-state index contributed by atoms with van der Waals surface area (Å²) in [6, 6.07) is 19.7. The van der Waals surface area contributed by atoms with Crippen LogP contribution in [0.4, 0.5) is 0 Å². The normalized spacial score (nSPS) is 16.6. The van der Waals surface area contributed by atoms with Crippen molar-refractivity contribution in [3.05, 3.63) is 71.8 Å². The summed E-state index contributed by atoms with van der Waals surface area (Å²) in [5, 5.41) is 13.1. The SMILES string of the molecule is O=C(NC1CC1)[C@H](SC[C@H](O)c1ccccc1)c1ccccc1. The molecule has 1 saturated carbocycles. The zero-order valence-electron chi connectivity index (χ0n) is 12.9. The lowest BCUT2D eigenvalue weighted by Gasteiger charge is -2.19. The molecule has 3 rings (SSSR count). The first-order valence-electron chi connectivity index (χ1n) is 7.94. The van der Waals surface area contributed by atoms with Gasteiger partial charge in [-0.15, -0.1) is 11.8 Å². The Bertz CT molecular complexity index is 628. The van der Waals surface area contributed by atoms with Gasteiger partial charge in [0.1, 0.15) is 5.25 Å². The maximum absolute atomic E-state index is 12.5. The molecule has 4 heteroatoms. The molecule has 3 nitrogen and oxygen atoms in total. The van der Waals surface area contributed by atoms with Crippen molar-refractivity contribution in [2.45, 2.75) is 30.2 Å². The molecule has 1 aliphatic rings. The topological polar surface area (TPSA) is 49.3 Å². The highest BCUT2D eigenvalue weighted by Crippen LogP contribution is 2.33. The average Bonchev–Trinajstić information content (AvgIpc) is 3.40. The van der Waals surface area contributed by atoms with E-state index < -0.39 is 6.10 Å². The van der Waals surface area contributed by atoms with Crippen molar-refractivity contribution >= 4 is 17.7 Å². The third-order valence-corrected chi connectivity index (χ3v) is 5.20. The van der Waals surface area contributed by atoms with Gasteiger partial charge in [-0.2, -0.15) is 0 Å². The van der Waals surface area contributed by atoms with E-state index in [0.29, 0.717) is 11.8 Å². The van der Waals surface area contributed by atoms with Gasteiger partial charge in [0.2, 0.25) is 5.91 Å². The number of amides is 1. The van der Waals surface area contributed by atoms with Crippen LogP contribution in [0, 0.1) is 0 Å². The minimum Gasteiger partial charge on any atom is -0.388 e. The largest absolute Gasteiger partial charge is 0.388 e. The summed E-state index contributed by atoms with van der Waals surface area (Å²) in [7, 11) is 0. The van der Waals surface area contributed by atoms with Crippen LogP contribution in [0.25, 0.3) is 0 Å². The van der Waals surface area contributed by atoms with Gasteiger partial charge in [0.15, 0.2) is 0 Å². The molecular formula is C19H21NO2S. The molecule has 0 aromatic heterocycles. The fourth-order valence-corrected chi connectivity index (χ4v) is 3.55. The standard InChI is InChI=1S/C19H21NO2S/c21-17(14-7-3-1-4-8-14)13-23-18(15-9-5-2-6-10-15)19(22)20-16-11-12-16/h1-10,16-18,21H,11-13H2,(H,20,22)/t17-,18+/m0/s1. The van der Waals surface area contributed by atoms with Gasteiger partial charge in [0.25, 0.3) is 0 Å². The van der Waals surface area contributed by atoms with Crippen LogP contribution >= 0.6 is 11.8 Å². The summed E-state index contributed by atoms with van der Waals surface area (Å²) in [5.74, 6) is 0.533. The Morgan fingerprint density at radius 2 is 1.61 bits per heavy atom. The second-order valence-electron chi connectivity index (χ2n) is 5.83. The Labute approximate surface area is 141 Å². The summed E-state index contributed by atoms with van der Waals surface area (Å²) >= 11 is 1.49. The molecule has 0 saturated heterocycles. The number of thioether (sulfide) groups is 1. The van der Waals surface area contributed by atoms with E-state index in [-0.39, 0.29) is 11.2 Å². The Morgan fingerprint density at radius 1 is 1.04 bits per heavy atom. The highest BCUT2D eigenvalue weighted by molar-refractivity contribution is 8.00. The summed E-state index contributed by atoms with van der Waals surface area (Å²) in [6.45, 7) is 0. The summed E-state index contributed by atoms with van der Waals surface area (Å²) in [5.41, 5.74) is 1.87. The van der Waals surface area contributed by atoms with Gasteiger partial charge in [0, 0.05) is 11.8 Å². The van der Waals surface area contributed by atoms with Crippen molar-refractivity contribution in [1.82, 2.24) is 5.32 Å². The molecule has 0 unspecified atom stereocenters. The Hall–Kier alpha value is -1.78. The van der Waals surface area contributed by atoms with Crippen molar-refractivity contribution in [3.8, 4) is 0 Å². The maximum atomic E-state index is 12.5. The van der Waals surface area contributed by atoms with Gasteiger partial charge in [0.05, 0.1) is 6.10 Å². The molecule has 0 aliphatic heterocycles. The van der Waals surface area contributed by atoms with Gasteiger partial charge >= 0.3 is 0 Å². The third kappa shape index (κ3) is 4.60. The molecule has 0 spiro atoms. The first-order chi connectivity index (χ1) is 11.2. The Balaban J connectivity index is 1.67. The van der Waals surface area contributed by atoms with Gasteiger partial charge in [-0.25, -0.2) is 0 Å². The molecule has 1 amide bonds. The fraction of sp³-hybridized carbons (Fsp3) is 0.316. The maximum Gasteiger partial charge on any atom is 0.237 e. The summed E-state index contributed by atoms with van der Waals surface area (Å²) in [4.78, 5) is 12.5. The molecule has 23 heavy (non-hydrogen) atoms. The third-order valence-electron chi connectivity index (χ3n) is 3.87. The molecular weight excluding hydrogens is 306 g/mol. The van der Waals surface area contributed by atoms with E-state index in [2.05, 4.69) is 5.32 Å². The van der Waals surface area contributed by atoms with Crippen molar-refractivity contribution in [2.24, 2.45) is 0 Å². The second kappa shape index (κ2) is 7.66. The van der Waals surface area contributed by atoms with Gasteiger partial charge in [-0.1, -0.05) is 60.7 Å². The van der Waals surface area contributed by atoms with E-state index in [9.17, 15) is 9.90 Å². The number of carbonyl (C=O) groups is 1. The fourth-order valence-electron chi connectivity index (χ4n) is 2.41. The van der Waals surface area contributed by atoms with Crippen LogP contribution < -0.4 is 5.32 Å². The molecule has 0 radical (unpaired) electrons. The molecule has 2 aromatic rings. The number of nitrogens with one attached hydrogen (secondary N) is 1. The molecule has 120 valence electrons. The molecule has 2 atom stereocenters. The lowest BCUT2D eigenvalue weighted by Crippen LogP contribution is -2.30. The monoisotopic (exact) mass is 327 g/mol. The number of hydrogen-bond acceptors (Lipinski definition) is 3. The predicted octanol–water partition coefficient (Wildman–Crippen LogP) is 3.47. The van der Waals surface area contributed by atoms with Crippen LogP contribution in [0.2, 0.25) is 0 Å². The Morgan fingerprint density at radius 3 is 2.17 bits per heavy atom. The molecule has 2 aromatic carbocycles. The number of benzene rings is 2. The predicted molar refractivity (Wildman–Crippen MR) is 94.2 cm³/mol. The number of carbonyl (C=O) groups excluding carboxylic acids is 1. The Kier molecular flexibility index (Phi) is 5.36. The smallest absolute Gasteiger partial charge is 0.237 e. The van der Waals surface area contributed by atoms with E-state index >= 15 is 0 Å². The highest BCUT2D eigenvalue weighted by atomic mass is 32.2. The molecule has 2 N–H and O–H groups in total. The minimum atomic E-state index is -0.568. The van der Waals surface area contributed by atoms with Crippen LogP contribution in [-0.2, 0) is 4.79 Å². The second-order valence-corrected chi connectivity index (χ2v) is 6.97. The number of rotatable bonds is 7. The van der Waals surface area contributed by atoms with Gasteiger partial charge in [-0.05, 0) is 24.0 Å². The molecule has 1 aliphatic carbocycles. The van der Waals surface area contributed by atoms with E-state index in [1.54, 1.807) is 0 Å². The first-order valence-corrected chi connectivity index (χ1v) is 8.99. The van der Waals surface area contributed by atoms with Crippen LogP contribution in [-0.4, -0.2) is 22.8 Å². The number of aliphatic hydroxyl groups excluding tert-OH is 1. The highest BCUT2D eigenvalue weighted by Gasteiger charge is 2.29. The number of hydrogen-bond donors (Lipinski definition) is 2. The van der Waals surface area contributed by atoms with E-state index in [4.69, 9.17) is 0 Å². The van der Waals surface area contributed by atoms with Gasteiger partial charge in [-0.3, -0.25) is 4.79 Å². The zero-order chi connectivity index (χ0) is 16.1. The van der Waals surface area contributed by atoms with E-state index in [1.165, 1.54) is 11.8 Å². The lowest BCUT2D eigenvalue weighted by molar-refractivity contribution is -0.120. The molecule has 0 bridgehead atoms. The summed E-state index contributed by atoms with van der Waals surface area (Å²) in [6.07, 6.45) is 1.58. The van der Waals surface area contributed by atoms with Crippen molar-refractivity contribution in [2.75, 3.05) is 5.75 Å². The number of aliphatic hydroxyl groups is 1. The lowest BCUT2D eigenvalue weighted by atomic mass is 10.1. The van der Waals surface area contributed by atoms with Crippen LogP contribution in [0.5, 0.6) is 0 Å². The van der Waals surface area contributed by atoms with Gasteiger partial charge < -0.3 is 10.4 Å². The minimum absolute atomic E-state index is 0.0453. The van der Waals surface area contributed by atoms with Crippen LogP contribution in [0.1, 0.15) is 35.3 Å². The van der Waals surface area contributed by atoms with E-state index in [0.717, 1.165) is 24.0 Å². The quantitative estimate of drug-likeness (QED) is 0.818. The summed E-state index contributed by atoms with van der Waals surface area (Å²) < 4.78 is 0.